The molecule has 0 aromatic carbocycles. The van der Waals surface area contributed by atoms with E-state index in [2.05, 4.69) is 5.32 Å². The van der Waals surface area contributed by atoms with Crippen molar-refractivity contribution >= 4 is 5.91 Å². The van der Waals surface area contributed by atoms with Crippen LogP contribution in [0.4, 0.5) is 0 Å². The van der Waals surface area contributed by atoms with Crippen LogP contribution in [0.3, 0.4) is 0 Å². The largest absolute Gasteiger partial charge is 0.381 e. The van der Waals surface area contributed by atoms with Crippen molar-refractivity contribution in [3.05, 3.63) is 0 Å². The number of hydrogen-bond donors (Lipinski definition) is 2. The molecule has 0 radical (unpaired) electrons. The van der Waals surface area contributed by atoms with Crippen molar-refractivity contribution in [2.75, 3.05) is 13.2 Å². The Morgan fingerprint density at radius 1 is 1.29 bits per heavy atom. The quantitative estimate of drug-likeness (QED) is 0.657. The average molecular weight is 198 g/mol. The van der Waals surface area contributed by atoms with Gasteiger partial charge >= 0.3 is 0 Å². The van der Waals surface area contributed by atoms with E-state index in [1.54, 1.807) is 0 Å². The van der Waals surface area contributed by atoms with Gasteiger partial charge in [-0.1, -0.05) is 0 Å². The van der Waals surface area contributed by atoms with Gasteiger partial charge in [0.15, 0.2) is 0 Å². The van der Waals surface area contributed by atoms with Crippen LogP contribution in [0.25, 0.3) is 0 Å². The molecule has 0 aromatic heterocycles. The molecule has 0 aromatic rings. The van der Waals surface area contributed by atoms with Gasteiger partial charge < -0.3 is 15.8 Å². The number of amides is 1. The molecule has 2 fully saturated rings. The van der Waals surface area contributed by atoms with Crippen molar-refractivity contribution in [3.8, 4) is 0 Å². The number of ether oxygens (including phenoxy) is 1. The molecule has 0 spiro atoms. The molecular weight excluding hydrogens is 180 g/mol. The summed E-state index contributed by atoms with van der Waals surface area (Å²) in [5.41, 5.74) is 5.64. The normalized spacial score (nSPS) is 33.5. The predicted octanol–water partition coefficient (Wildman–Crippen LogP) is 0.0189. The number of carbonyl (C=O) groups excluding carboxylic acids is 1. The third-order valence-corrected chi connectivity index (χ3v) is 3.11. The lowest BCUT2D eigenvalue weighted by Gasteiger charge is -2.33. The van der Waals surface area contributed by atoms with Crippen molar-refractivity contribution in [1.82, 2.24) is 5.32 Å². The Morgan fingerprint density at radius 2 is 1.93 bits per heavy atom. The molecule has 2 rings (SSSR count). The highest BCUT2D eigenvalue weighted by Crippen LogP contribution is 2.25. The smallest absolute Gasteiger partial charge is 0.223 e. The molecule has 1 amide bonds. The summed E-state index contributed by atoms with van der Waals surface area (Å²) >= 11 is 0. The first-order valence-electron chi connectivity index (χ1n) is 5.39. The van der Waals surface area contributed by atoms with Crippen LogP contribution in [0.2, 0.25) is 0 Å². The second kappa shape index (κ2) is 4.28. The van der Waals surface area contributed by atoms with Crippen LogP contribution in [0.15, 0.2) is 0 Å². The zero-order chi connectivity index (χ0) is 9.97. The number of hydrogen-bond acceptors (Lipinski definition) is 3. The fourth-order valence-corrected chi connectivity index (χ4v) is 2.04. The molecule has 1 aliphatic heterocycles. The van der Waals surface area contributed by atoms with Crippen molar-refractivity contribution in [2.24, 2.45) is 11.7 Å². The van der Waals surface area contributed by atoms with Crippen molar-refractivity contribution in [2.45, 2.75) is 37.8 Å². The molecule has 0 unspecified atom stereocenters. The maximum atomic E-state index is 11.6. The van der Waals surface area contributed by atoms with E-state index in [-0.39, 0.29) is 17.9 Å². The van der Waals surface area contributed by atoms with Crippen LogP contribution < -0.4 is 11.1 Å². The van der Waals surface area contributed by atoms with E-state index >= 15 is 0 Å². The molecule has 80 valence electrons. The highest BCUT2D eigenvalue weighted by atomic mass is 16.5. The number of nitrogens with two attached hydrogens (primary N) is 1. The minimum atomic E-state index is 0.174. The maximum absolute atomic E-state index is 11.6. The first-order chi connectivity index (χ1) is 6.75. The highest BCUT2D eigenvalue weighted by Gasteiger charge is 2.32. The van der Waals surface area contributed by atoms with E-state index in [9.17, 15) is 4.79 Å². The fourth-order valence-electron chi connectivity index (χ4n) is 2.04. The van der Waals surface area contributed by atoms with Crippen LogP contribution in [0.1, 0.15) is 25.7 Å². The SMILES string of the molecule is N[C@H]1C[C@H](C(=O)NC2CCOCC2)C1. The number of rotatable bonds is 2. The summed E-state index contributed by atoms with van der Waals surface area (Å²) in [6, 6.07) is 0.577. The van der Waals surface area contributed by atoms with Gasteiger partial charge in [0.2, 0.25) is 5.91 Å². The van der Waals surface area contributed by atoms with E-state index < -0.39 is 0 Å². The Balaban J connectivity index is 1.71. The average Bonchev–Trinajstić information content (AvgIpc) is 2.14. The van der Waals surface area contributed by atoms with Gasteiger partial charge in [-0.2, -0.15) is 0 Å². The molecule has 0 atom stereocenters. The van der Waals surface area contributed by atoms with E-state index in [0.717, 1.165) is 38.9 Å². The van der Waals surface area contributed by atoms with Gasteiger partial charge in [0.25, 0.3) is 0 Å². The molecule has 1 saturated carbocycles. The van der Waals surface area contributed by atoms with Crippen LogP contribution in [-0.2, 0) is 9.53 Å². The molecule has 0 bridgehead atoms. The van der Waals surface area contributed by atoms with Crippen LogP contribution in [0, 0.1) is 5.92 Å². The summed E-state index contributed by atoms with van der Waals surface area (Å²) in [4.78, 5) is 11.6. The highest BCUT2D eigenvalue weighted by molar-refractivity contribution is 5.80. The molecule has 14 heavy (non-hydrogen) atoms. The third-order valence-electron chi connectivity index (χ3n) is 3.11. The van der Waals surface area contributed by atoms with Crippen molar-refractivity contribution < 1.29 is 9.53 Å². The van der Waals surface area contributed by atoms with Crippen LogP contribution in [0.5, 0.6) is 0 Å². The maximum Gasteiger partial charge on any atom is 0.223 e. The second-order valence-corrected chi connectivity index (χ2v) is 4.32. The molecule has 2 aliphatic rings. The summed E-state index contributed by atoms with van der Waals surface area (Å²) in [5.74, 6) is 0.367. The molecule has 1 heterocycles. The molecule has 1 saturated heterocycles. The predicted molar refractivity (Wildman–Crippen MR) is 52.7 cm³/mol. The van der Waals surface area contributed by atoms with Gasteiger partial charge in [0.05, 0.1) is 0 Å². The lowest BCUT2D eigenvalue weighted by molar-refractivity contribution is -0.129. The van der Waals surface area contributed by atoms with Crippen molar-refractivity contribution in [3.63, 3.8) is 0 Å². The minimum Gasteiger partial charge on any atom is -0.381 e. The topological polar surface area (TPSA) is 64.4 Å². The number of nitrogens with one attached hydrogen (secondary N) is 1. The lowest BCUT2D eigenvalue weighted by Crippen LogP contribution is -2.48. The Hall–Kier alpha value is -0.610. The molecule has 4 nitrogen and oxygen atoms in total. The Morgan fingerprint density at radius 3 is 2.50 bits per heavy atom. The Kier molecular flexibility index (Phi) is 3.03. The first-order valence-corrected chi connectivity index (χ1v) is 5.39. The summed E-state index contributed by atoms with van der Waals surface area (Å²) in [6.45, 7) is 1.55. The van der Waals surface area contributed by atoms with Gasteiger partial charge in [0, 0.05) is 31.2 Å². The van der Waals surface area contributed by atoms with Crippen LogP contribution >= 0.6 is 0 Å². The number of carbonyl (C=O) groups is 1. The van der Waals surface area contributed by atoms with Crippen LogP contribution in [-0.4, -0.2) is 31.2 Å². The summed E-state index contributed by atoms with van der Waals surface area (Å²) in [6.07, 6.45) is 3.61. The van der Waals surface area contributed by atoms with E-state index in [4.69, 9.17) is 10.5 Å². The molecule has 3 N–H and O–H groups in total. The van der Waals surface area contributed by atoms with Gasteiger partial charge in [-0.25, -0.2) is 0 Å². The van der Waals surface area contributed by atoms with Gasteiger partial charge in [-0.05, 0) is 25.7 Å². The monoisotopic (exact) mass is 198 g/mol. The summed E-state index contributed by atoms with van der Waals surface area (Å²) < 4.78 is 5.23. The summed E-state index contributed by atoms with van der Waals surface area (Å²) in [5, 5.41) is 3.07. The zero-order valence-corrected chi connectivity index (χ0v) is 8.37. The van der Waals surface area contributed by atoms with E-state index in [1.807, 2.05) is 0 Å². The minimum absolute atomic E-state index is 0.174. The van der Waals surface area contributed by atoms with E-state index in [1.165, 1.54) is 0 Å². The lowest BCUT2D eigenvalue weighted by atomic mass is 9.80. The van der Waals surface area contributed by atoms with Gasteiger partial charge in [-0.15, -0.1) is 0 Å². The molecule has 4 heteroatoms. The molecule has 1 aliphatic carbocycles. The molecular formula is C10H18N2O2. The van der Waals surface area contributed by atoms with E-state index in [0.29, 0.717) is 6.04 Å². The summed E-state index contributed by atoms with van der Waals surface area (Å²) in [7, 11) is 0. The second-order valence-electron chi connectivity index (χ2n) is 4.32. The Labute approximate surface area is 84.2 Å². The van der Waals surface area contributed by atoms with Gasteiger partial charge in [0.1, 0.15) is 0 Å². The zero-order valence-electron chi connectivity index (χ0n) is 8.37. The standard InChI is InChI=1S/C10H18N2O2/c11-8-5-7(6-8)10(13)12-9-1-3-14-4-2-9/h7-9H,1-6,11H2,(H,12,13)/t7-,8-. The third kappa shape index (κ3) is 2.25. The van der Waals surface area contributed by atoms with Crippen molar-refractivity contribution in [1.29, 1.82) is 0 Å². The van der Waals surface area contributed by atoms with Gasteiger partial charge in [-0.3, -0.25) is 4.79 Å². The first kappa shape index (κ1) is 9.93. The Bertz CT molecular complexity index is 208. The fraction of sp³-hybridized carbons (Fsp3) is 0.900.